The number of fused-ring (bicyclic) bond motifs is 1. The molecule has 0 aliphatic carbocycles. The molecule has 0 spiro atoms. The first-order valence-corrected chi connectivity index (χ1v) is 10.3. The molecule has 0 amide bonds. The van der Waals surface area contributed by atoms with E-state index < -0.39 is 11.7 Å². The van der Waals surface area contributed by atoms with Crippen molar-refractivity contribution in [3.63, 3.8) is 0 Å². The Labute approximate surface area is 168 Å². The van der Waals surface area contributed by atoms with E-state index in [9.17, 15) is 18.0 Å². The highest BCUT2D eigenvalue weighted by molar-refractivity contribution is 5.82. The zero-order chi connectivity index (χ0) is 20.9. The van der Waals surface area contributed by atoms with E-state index >= 15 is 0 Å². The van der Waals surface area contributed by atoms with Gasteiger partial charge in [-0.05, 0) is 41.8 Å². The molecule has 0 saturated carbocycles. The van der Waals surface area contributed by atoms with E-state index in [-0.39, 0.29) is 5.69 Å². The predicted molar refractivity (Wildman–Crippen MR) is 111 cm³/mol. The molecule has 29 heavy (non-hydrogen) atoms. The van der Waals surface area contributed by atoms with Crippen LogP contribution in [0.15, 0.2) is 47.3 Å². The Morgan fingerprint density at radius 3 is 2.31 bits per heavy atom. The van der Waals surface area contributed by atoms with Gasteiger partial charge >= 0.3 is 11.9 Å². The minimum atomic E-state index is -4.38. The van der Waals surface area contributed by atoms with Crippen LogP contribution in [0.25, 0.3) is 22.2 Å². The van der Waals surface area contributed by atoms with Gasteiger partial charge in [-0.25, -0.2) is 4.79 Å². The third-order valence-electron chi connectivity index (χ3n) is 5.28. The molecule has 1 aromatic heterocycles. The summed E-state index contributed by atoms with van der Waals surface area (Å²) in [5.74, 6) is 0. The van der Waals surface area contributed by atoms with Crippen LogP contribution in [0.1, 0.15) is 57.4 Å². The summed E-state index contributed by atoms with van der Waals surface area (Å²) in [4.78, 5) is 15.2. The standard InChI is InChI=1S/C23H27F3N2O/c1-2-3-4-5-6-7-8-14-28-21-13-12-18(16-20(21)27-22(28)29)17-10-9-11-19(15-17)23(24,25)26/h9-13,15-16H,2-8,14H2,1H3,(H,27,29). The molecular weight excluding hydrogens is 377 g/mol. The number of imidazole rings is 1. The topological polar surface area (TPSA) is 37.8 Å². The van der Waals surface area contributed by atoms with Crippen molar-refractivity contribution < 1.29 is 13.2 Å². The van der Waals surface area contributed by atoms with Gasteiger partial charge in [0.15, 0.2) is 0 Å². The minimum absolute atomic E-state index is 0.174. The summed E-state index contributed by atoms with van der Waals surface area (Å²) in [5.41, 5.74) is 1.70. The van der Waals surface area contributed by atoms with E-state index in [1.54, 1.807) is 22.8 Å². The molecule has 0 saturated heterocycles. The van der Waals surface area contributed by atoms with Crippen molar-refractivity contribution in [2.45, 2.75) is 64.6 Å². The molecule has 0 radical (unpaired) electrons. The third kappa shape index (κ3) is 5.31. The van der Waals surface area contributed by atoms with Gasteiger partial charge in [0.1, 0.15) is 0 Å². The first kappa shape index (κ1) is 21.2. The summed E-state index contributed by atoms with van der Waals surface area (Å²) in [6.45, 7) is 2.84. The van der Waals surface area contributed by atoms with Gasteiger partial charge in [0.2, 0.25) is 0 Å². The second-order valence-electron chi connectivity index (χ2n) is 7.51. The van der Waals surface area contributed by atoms with Crippen LogP contribution < -0.4 is 5.69 Å². The first-order chi connectivity index (χ1) is 13.9. The highest BCUT2D eigenvalue weighted by atomic mass is 19.4. The molecule has 0 fully saturated rings. The van der Waals surface area contributed by atoms with Gasteiger partial charge < -0.3 is 4.98 Å². The van der Waals surface area contributed by atoms with Gasteiger partial charge in [-0.1, -0.05) is 63.6 Å². The lowest BCUT2D eigenvalue weighted by Gasteiger charge is -2.09. The Balaban J connectivity index is 1.73. The molecule has 1 heterocycles. The maximum Gasteiger partial charge on any atom is 0.416 e. The number of unbranched alkanes of at least 4 members (excludes halogenated alkanes) is 6. The van der Waals surface area contributed by atoms with Gasteiger partial charge in [0.05, 0.1) is 16.6 Å². The fourth-order valence-electron chi connectivity index (χ4n) is 3.67. The summed E-state index contributed by atoms with van der Waals surface area (Å²) >= 11 is 0. The summed E-state index contributed by atoms with van der Waals surface area (Å²) in [7, 11) is 0. The molecule has 156 valence electrons. The lowest BCUT2D eigenvalue weighted by molar-refractivity contribution is -0.137. The lowest BCUT2D eigenvalue weighted by atomic mass is 10.0. The maximum atomic E-state index is 13.0. The highest BCUT2D eigenvalue weighted by Crippen LogP contribution is 2.32. The molecular formula is C23H27F3N2O. The number of alkyl halides is 3. The SMILES string of the molecule is CCCCCCCCCn1c(=O)[nH]c2cc(-c3cccc(C(F)(F)F)c3)ccc21. The van der Waals surface area contributed by atoms with Crippen LogP contribution in [0.3, 0.4) is 0 Å². The van der Waals surface area contributed by atoms with Crippen molar-refractivity contribution in [1.29, 1.82) is 0 Å². The number of rotatable bonds is 9. The normalized spacial score (nSPS) is 12.0. The molecule has 2 aromatic carbocycles. The molecule has 3 aromatic rings. The Hall–Kier alpha value is -2.50. The number of aryl methyl sites for hydroxylation is 1. The Kier molecular flexibility index (Phi) is 6.83. The van der Waals surface area contributed by atoms with Gasteiger partial charge in [-0.3, -0.25) is 4.57 Å². The van der Waals surface area contributed by atoms with Gasteiger partial charge in [0, 0.05) is 6.54 Å². The van der Waals surface area contributed by atoms with Crippen molar-refractivity contribution in [2.24, 2.45) is 0 Å². The fraction of sp³-hybridized carbons (Fsp3) is 0.435. The molecule has 1 N–H and O–H groups in total. The Bertz CT molecular complexity index is 1000. The van der Waals surface area contributed by atoms with E-state index in [2.05, 4.69) is 11.9 Å². The van der Waals surface area contributed by atoms with Gasteiger partial charge in [-0.2, -0.15) is 13.2 Å². The molecule has 3 nitrogen and oxygen atoms in total. The van der Waals surface area contributed by atoms with Gasteiger partial charge in [0.25, 0.3) is 0 Å². The van der Waals surface area contributed by atoms with Crippen LogP contribution >= 0.6 is 0 Å². The van der Waals surface area contributed by atoms with Crippen LogP contribution in [0, 0.1) is 0 Å². The number of benzene rings is 2. The predicted octanol–water partition coefficient (Wildman–Crippen LogP) is 6.77. The maximum absolute atomic E-state index is 13.0. The lowest BCUT2D eigenvalue weighted by Crippen LogP contribution is -2.16. The summed E-state index contributed by atoms with van der Waals surface area (Å²) in [6, 6.07) is 10.6. The van der Waals surface area contributed by atoms with Crippen molar-refractivity contribution in [1.82, 2.24) is 9.55 Å². The molecule has 6 heteroatoms. The monoisotopic (exact) mass is 404 g/mol. The summed E-state index contributed by atoms with van der Waals surface area (Å²) in [6.07, 6.45) is 3.83. The zero-order valence-electron chi connectivity index (χ0n) is 16.7. The number of aromatic nitrogens is 2. The number of hydrogen-bond acceptors (Lipinski definition) is 1. The average Bonchev–Trinajstić information content (AvgIpc) is 3.01. The zero-order valence-corrected chi connectivity index (χ0v) is 16.7. The molecule has 0 aliphatic heterocycles. The fourth-order valence-corrected chi connectivity index (χ4v) is 3.67. The Morgan fingerprint density at radius 2 is 1.59 bits per heavy atom. The number of halogens is 3. The van der Waals surface area contributed by atoms with Crippen LogP contribution in [-0.4, -0.2) is 9.55 Å². The summed E-state index contributed by atoms with van der Waals surface area (Å²) in [5, 5.41) is 0. The highest BCUT2D eigenvalue weighted by Gasteiger charge is 2.30. The number of H-pyrrole nitrogens is 1. The third-order valence-corrected chi connectivity index (χ3v) is 5.28. The second-order valence-corrected chi connectivity index (χ2v) is 7.51. The first-order valence-electron chi connectivity index (χ1n) is 10.3. The van der Waals surface area contributed by atoms with Gasteiger partial charge in [-0.15, -0.1) is 0 Å². The van der Waals surface area contributed by atoms with E-state index in [1.165, 1.54) is 38.2 Å². The van der Waals surface area contributed by atoms with E-state index in [4.69, 9.17) is 0 Å². The van der Waals surface area contributed by atoms with Crippen LogP contribution in [0.4, 0.5) is 13.2 Å². The molecule has 0 unspecified atom stereocenters. The van der Waals surface area contributed by atoms with Crippen molar-refractivity contribution in [3.8, 4) is 11.1 Å². The smallest absolute Gasteiger partial charge is 0.306 e. The van der Waals surface area contributed by atoms with Crippen molar-refractivity contribution in [2.75, 3.05) is 0 Å². The largest absolute Gasteiger partial charge is 0.416 e. The average molecular weight is 404 g/mol. The minimum Gasteiger partial charge on any atom is -0.306 e. The number of nitrogens with one attached hydrogen (secondary N) is 1. The molecule has 0 atom stereocenters. The van der Waals surface area contributed by atoms with E-state index in [0.29, 0.717) is 23.2 Å². The molecule has 0 bridgehead atoms. The second kappa shape index (κ2) is 9.33. The van der Waals surface area contributed by atoms with E-state index in [0.717, 1.165) is 30.5 Å². The van der Waals surface area contributed by atoms with Crippen molar-refractivity contribution in [3.05, 3.63) is 58.5 Å². The molecule has 0 aliphatic rings. The summed E-state index contributed by atoms with van der Waals surface area (Å²) < 4.78 is 40.6. The van der Waals surface area contributed by atoms with Crippen LogP contribution in [-0.2, 0) is 12.7 Å². The Morgan fingerprint density at radius 1 is 0.897 bits per heavy atom. The van der Waals surface area contributed by atoms with E-state index in [1.807, 2.05) is 6.07 Å². The molecule has 3 rings (SSSR count). The van der Waals surface area contributed by atoms with Crippen LogP contribution in [0.2, 0.25) is 0 Å². The quantitative estimate of drug-likeness (QED) is 0.393. The number of hydrogen-bond donors (Lipinski definition) is 1. The van der Waals surface area contributed by atoms with Crippen molar-refractivity contribution >= 4 is 11.0 Å². The number of nitrogens with zero attached hydrogens (tertiary/aromatic N) is 1. The van der Waals surface area contributed by atoms with Crippen LogP contribution in [0.5, 0.6) is 0 Å². The number of aromatic amines is 1.